The molecule has 2 aliphatic heterocycles. The van der Waals surface area contributed by atoms with E-state index in [1.165, 1.54) is 12.0 Å². The van der Waals surface area contributed by atoms with Crippen molar-refractivity contribution in [2.24, 2.45) is 5.92 Å². The molecule has 0 radical (unpaired) electrons. The number of benzene rings is 1. The molecular formula is C18H26N2O2. The number of hydrogen-bond acceptors (Lipinski definition) is 3. The summed E-state index contributed by atoms with van der Waals surface area (Å²) in [7, 11) is 0. The minimum absolute atomic E-state index is 0.192. The van der Waals surface area contributed by atoms with Gasteiger partial charge >= 0.3 is 0 Å². The van der Waals surface area contributed by atoms with Crippen LogP contribution >= 0.6 is 0 Å². The number of carbonyl (C=O) groups is 1. The Labute approximate surface area is 132 Å². The average molecular weight is 302 g/mol. The summed E-state index contributed by atoms with van der Waals surface area (Å²) in [6.45, 7) is 4.41. The van der Waals surface area contributed by atoms with Crippen molar-refractivity contribution in [2.45, 2.75) is 38.3 Å². The van der Waals surface area contributed by atoms with Gasteiger partial charge in [-0.3, -0.25) is 4.79 Å². The Balaban J connectivity index is 1.38. The largest absolute Gasteiger partial charge is 0.377 e. The molecule has 2 fully saturated rings. The van der Waals surface area contributed by atoms with Crippen LogP contribution in [0.25, 0.3) is 0 Å². The lowest BCUT2D eigenvalue weighted by Gasteiger charge is -2.27. The van der Waals surface area contributed by atoms with Crippen molar-refractivity contribution in [2.75, 3.05) is 26.2 Å². The Bertz CT molecular complexity index is 477. The monoisotopic (exact) mass is 302 g/mol. The van der Waals surface area contributed by atoms with Gasteiger partial charge in [0.1, 0.15) is 0 Å². The first-order valence-corrected chi connectivity index (χ1v) is 8.45. The number of amides is 1. The molecule has 3 rings (SSSR count). The number of carbonyl (C=O) groups excluding carboxylic acids is 1. The van der Waals surface area contributed by atoms with Crippen molar-refractivity contribution < 1.29 is 9.53 Å². The number of ether oxygens (including phenoxy) is 1. The summed E-state index contributed by atoms with van der Waals surface area (Å²) < 4.78 is 5.75. The molecule has 120 valence electrons. The quantitative estimate of drug-likeness (QED) is 0.819. The Morgan fingerprint density at radius 2 is 2.05 bits per heavy atom. The summed E-state index contributed by atoms with van der Waals surface area (Å²) in [6, 6.07) is 10.6. The Morgan fingerprint density at radius 3 is 2.91 bits per heavy atom. The second kappa shape index (κ2) is 7.75. The lowest BCUT2D eigenvalue weighted by Crippen LogP contribution is -2.39. The minimum Gasteiger partial charge on any atom is -0.377 e. The molecule has 2 saturated heterocycles. The first kappa shape index (κ1) is 15.5. The summed E-state index contributed by atoms with van der Waals surface area (Å²) in [4.78, 5) is 14.5. The number of hydrogen-bond donors (Lipinski definition) is 1. The predicted molar refractivity (Wildman–Crippen MR) is 86.4 cm³/mol. The predicted octanol–water partition coefficient (Wildman–Crippen LogP) is 2.19. The van der Waals surface area contributed by atoms with Gasteiger partial charge in [-0.25, -0.2) is 0 Å². The summed E-state index contributed by atoms with van der Waals surface area (Å²) in [5.74, 6) is 0.461. The van der Waals surface area contributed by atoms with Crippen LogP contribution < -0.4 is 5.32 Å². The Hall–Kier alpha value is -1.39. The highest BCUT2D eigenvalue weighted by Crippen LogP contribution is 2.21. The van der Waals surface area contributed by atoms with Crippen molar-refractivity contribution in [3.8, 4) is 0 Å². The van der Waals surface area contributed by atoms with E-state index < -0.39 is 0 Å². The van der Waals surface area contributed by atoms with Gasteiger partial charge < -0.3 is 15.0 Å². The number of fused-ring (bicyclic) bond motifs is 3. The lowest BCUT2D eigenvalue weighted by molar-refractivity contribution is -0.124. The molecule has 0 aliphatic carbocycles. The molecule has 1 aromatic rings. The molecule has 2 bridgehead atoms. The van der Waals surface area contributed by atoms with Crippen LogP contribution in [0, 0.1) is 5.92 Å². The van der Waals surface area contributed by atoms with Crippen LogP contribution in [-0.2, 0) is 16.1 Å². The average Bonchev–Trinajstić information content (AvgIpc) is 2.76. The molecule has 4 nitrogen and oxygen atoms in total. The van der Waals surface area contributed by atoms with Gasteiger partial charge in [0.15, 0.2) is 0 Å². The highest BCUT2D eigenvalue weighted by Gasteiger charge is 2.31. The van der Waals surface area contributed by atoms with Crippen molar-refractivity contribution in [1.29, 1.82) is 0 Å². The van der Waals surface area contributed by atoms with Gasteiger partial charge in [-0.2, -0.15) is 0 Å². The van der Waals surface area contributed by atoms with Gasteiger partial charge in [-0.15, -0.1) is 0 Å². The molecule has 0 aromatic heterocycles. The maximum atomic E-state index is 12.0. The second-order valence-electron chi connectivity index (χ2n) is 6.48. The SMILES string of the molecule is O=C1N[C@H]2CCC[C@@H]1CN(CCCOCc1ccccc1)C2. The fourth-order valence-corrected chi connectivity index (χ4v) is 3.48. The minimum atomic E-state index is 0.192. The molecule has 22 heavy (non-hydrogen) atoms. The van der Waals surface area contributed by atoms with Gasteiger partial charge in [-0.05, 0) is 24.8 Å². The molecule has 2 aliphatic rings. The van der Waals surface area contributed by atoms with Crippen molar-refractivity contribution in [3.63, 3.8) is 0 Å². The van der Waals surface area contributed by atoms with E-state index in [0.29, 0.717) is 12.6 Å². The van der Waals surface area contributed by atoms with E-state index >= 15 is 0 Å². The smallest absolute Gasteiger partial charge is 0.224 e. The topological polar surface area (TPSA) is 41.6 Å². The van der Waals surface area contributed by atoms with Gasteiger partial charge in [0, 0.05) is 32.3 Å². The van der Waals surface area contributed by atoms with Crippen LogP contribution in [0.3, 0.4) is 0 Å². The van der Waals surface area contributed by atoms with Crippen LogP contribution in [0.2, 0.25) is 0 Å². The first-order valence-electron chi connectivity index (χ1n) is 8.45. The van der Waals surface area contributed by atoms with Gasteiger partial charge in [0.05, 0.1) is 12.5 Å². The van der Waals surface area contributed by atoms with E-state index in [4.69, 9.17) is 4.74 Å². The zero-order chi connectivity index (χ0) is 15.2. The van der Waals surface area contributed by atoms with Crippen LogP contribution in [-0.4, -0.2) is 43.1 Å². The third kappa shape index (κ3) is 4.31. The molecule has 0 unspecified atom stereocenters. The normalized spacial score (nSPS) is 25.5. The first-order chi connectivity index (χ1) is 10.8. The zero-order valence-corrected chi connectivity index (χ0v) is 13.2. The number of rotatable bonds is 6. The van der Waals surface area contributed by atoms with E-state index in [1.807, 2.05) is 18.2 Å². The van der Waals surface area contributed by atoms with Crippen molar-refractivity contribution in [3.05, 3.63) is 35.9 Å². The highest BCUT2D eigenvalue weighted by molar-refractivity contribution is 5.79. The zero-order valence-electron chi connectivity index (χ0n) is 13.2. The van der Waals surface area contributed by atoms with Crippen LogP contribution in [0.1, 0.15) is 31.2 Å². The van der Waals surface area contributed by atoms with Gasteiger partial charge in [0.25, 0.3) is 0 Å². The summed E-state index contributed by atoms with van der Waals surface area (Å²) >= 11 is 0. The molecule has 2 heterocycles. The van der Waals surface area contributed by atoms with E-state index in [-0.39, 0.29) is 11.8 Å². The summed E-state index contributed by atoms with van der Waals surface area (Å²) in [5.41, 5.74) is 1.22. The van der Waals surface area contributed by atoms with E-state index in [1.54, 1.807) is 0 Å². The number of likely N-dealkylation sites (tertiary alicyclic amines) is 1. The van der Waals surface area contributed by atoms with Crippen molar-refractivity contribution >= 4 is 5.91 Å². The van der Waals surface area contributed by atoms with Crippen LogP contribution in [0.4, 0.5) is 0 Å². The maximum Gasteiger partial charge on any atom is 0.224 e. The Kier molecular flexibility index (Phi) is 5.46. The number of nitrogens with zero attached hydrogens (tertiary/aromatic N) is 1. The fourth-order valence-electron chi connectivity index (χ4n) is 3.48. The van der Waals surface area contributed by atoms with Gasteiger partial charge in [0.2, 0.25) is 5.91 Å². The van der Waals surface area contributed by atoms with E-state index in [9.17, 15) is 4.79 Å². The molecule has 0 saturated carbocycles. The molecule has 4 heteroatoms. The standard InChI is InChI=1S/C18H26N2O2/c21-18-16-8-4-9-17(19-18)13-20(12-16)10-5-11-22-14-15-6-2-1-3-7-15/h1-3,6-7,16-17H,4-5,8-14H2,(H,19,21)/t16-,17+/m1/s1. The van der Waals surface area contributed by atoms with Gasteiger partial charge in [-0.1, -0.05) is 36.8 Å². The van der Waals surface area contributed by atoms with Crippen LogP contribution in [0.5, 0.6) is 0 Å². The molecule has 2 atom stereocenters. The molecule has 1 aromatic carbocycles. The number of nitrogens with one attached hydrogen (secondary N) is 1. The second-order valence-corrected chi connectivity index (χ2v) is 6.48. The Morgan fingerprint density at radius 1 is 1.18 bits per heavy atom. The highest BCUT2D eigenvalue weighted by atomic mass is 16.5. The van der Waals surface area contributed by atoms with E-state index in [0.717, 1.165) is 45.5 Å². The third-order valence-corrected chi connectivity index (χ3v) is 4.65. The molecule has 0 spiro atoms. The fraction of sp³-hybridized carbons (Fsp3) is 0.611. The van der Waals surface area contributed by atoms with Crippen LogP contribution in [0.15, 0.2) is 30.3 Å². The maximum absolute atomic E-state index is 12.0. The van der Waals surface area contributed by atoms with Crippen molar-refractivity contribution in [1.82, 2.24) is 10.2 Å². The third-order valence-electron chi connectivity index (χ3n) is 4.65. The molecule has 1 N–H and O–H groups in total. The molecular weight excluding hydrogens is 276 g/mol. The van der Waals surface area contributed by atoms with E-state index in [2.05, 4.69) is 22.3 Å². The summed E-state index contributed by atoms with van der Waals surface area (Å²) in [6.07, 6.45) is 4.38. The lowest BCUT2D eigenvalue weighted by atomic mass is 9.99. The summed E-state index contributed by atoms with van der Waals surface area (Å²) in [5, 5.41) is 3.18. The molecule has 1 amide bonds.